The average molecular weight is 315 g/mol. The van der Waals surface area contributed by atoms with E-state index in [0.717, 1.165) is 29.2 Å². The van der Waals surface area contributed by atoms with Crippen LogP contribution in [0.1, 0.15) is 26.6 Å². The number of anilines is 1. The third-order valence-electron chi connectivity index (χ3n) is 2.30. The summed E-state index contributed by atoms with van der Waals surface area (Å²) in [4.78, 5) is 21.7. The molecule has 0 saturated heterocycles. The molecule has 1 amide bonds. The molecule has 0 fully saturated rings. The van der Waals surface area contributed by atoms with Crippen molar-refractivity contribution in [2.24, 2.45) is 11.7 Å². The minimum absolute atomic E-state index is 0.171. The number of aromatic nitrogens is 2. The molecule has 1 rings (SSSR count). The second-order valence-corrected chi connectivity index (χ2v) is 5.37. The SMILES string of the molecule is CCc1nc(Br)cc(N(CC(N)=O)CC(C)C)n1. The fourth-order valence-corrected chi connectivity index (χ4v) is 2.05. The monoisotopic (exact) mass is 314 g/mol. The van der Waals surface area contributed by atoms with Crippen molar-refractivity contribution < 1.29 is 4.79 Å². The molecule has 0 radical (unpaired) electrons. The smallest absolute Gasteiger partial charge is 0.236 e. The Morgan fingerprint density at radius 1 is 1.50 bits per heavy atom. The lowest BCUT2D eigenvalue weighted by Gasteiger charge is -2.24. The molecule has 0 aliphatic heterocycles. The molecule has 0 spiro atoms. The van der Waals surface area contributed by atoms with Crippen LogP contribution in [-0.4, -0.2) is 29.0 Å². The summed E-state index contributed by atoms with van der Waals surface area (Å²) < 4.78 is 0.725. The van der Waals surface area contributed by atoms with Gasteiger partial charge in [-0.1, -0.05) is 20.8 Å². The summed E-state index contributed by atoms with van der Waals surface area (Å²) in [6.45, 7) is 7.07. The number of carbonyl (C=O) groups excluding carboxylic acids is 1. The summed E-state index contributed by atoms with van der Waals surface area (Å²) in [6, 6.07) is 1.81. The molecule has 2 N–H and O–H groups in total. The van der Waals surface area contributed by atoms with Crippen LogP contribution in [0.4, 0.5) is 5.82 Å². The number of primary amides is 1. The molecule has 0 saturated carbocycles. The molecule has 1 heterocycles. The van der Waals surface area contributed by atoms with Gasteiger partial charge in [0, 0.05) is 19.0 Å². The van der Waals surface area contributed by atoms with Crippen molar-refractivity contribution in [2.75, 3.05) is 18.0 Å². The first-order valence-corrected chi connectivity index (χ1v) is 6.78. The zero-order valence-corrected chi connectivity index (χ0v) is 12.6. The second kappa shape index (κ2) is 6.68. The Kier molecular flexibility index (Phi) is 5.53. The molecule has 0 aromatic carbocycles. The maximum absolute atomic E-state index is 11.1. The number of halogens is 1. The van der Waals surface area contributed by atoms with E-state index in [-0.39, 0.29) is 12.5 Å². The first-order chi connectivity index (χ1) is 8.42. The van der Waals surface area contributed by atoms with E-state index in [2.05, 4.69) is 39.7 Å². The van der Waals surface area contributed by atoms with Crippen LogP contribution in [0, 0.1) is 5.92 Å². The molecule has 0 bridgehead atoms. The number of amides is 1. The van der Waals surface area contributed by atoms with Crippen LogP contribution in [0.2, 0.25) is 0 Å². The lowest BCUT2D eigenvalue weighted by atomic mass is 10.2. The molecule has 0 unspecified atom stereocenters. The Bertz CT molecular complexity index is 423. The van der Waals surface area contributed by atoms with Crippen LogP contribution in [-0.2, 0) is 11.2 Å². The molecule has 1 aromatic rings. The molecular formula is C12H19BrN4O. The zero-order chi connectivity index (χ0) is 13.7. The fraction of sp³-hybridized carbons (Fsp3) is 0.583. The summed E-state index contributed by atoms with van der Waals surface area (Å²) in [5, 5.41) is 0. The summed E-state index contributed by atoms with van der Waals surface area (Å²) >= 11 is 3.36. The van der Waals surface area contributed by atoms with E-state index in [4.69, 9.17) is 5.73 Å². The lowest BCUT2D eigenvalue weighted by molar-refractivity contribution is -0.116. The van der Waals surface area contributed by atoms with Crippen molar-refractivity contribution in [3.05, 3.63) is 16.5 Å². The minimum Gasteiger partial charge on any atom is -0.368 e. The van der Waals surface area contributed by atoms with E-state index in [9.17, 15) is 4.79 Å². The van der Waals surface area contributed by atoms with Crippen LogP contribution in [0.15, 0.2) is 10.7 Å². The normalized spacial score (nSPS) is 10.7. The van der Waals surface area contributed by atoms with Gasteiger partial charge in [0.05, 0.1) is 6.54 Å². The van der Waals surface area contributed by atoms with E-state index in [1.807, 2.05) is 17.9 Å². The number of rotatable bonds is 6. The highest BCUT2D eigenvalue weighted by molar-refractivity contribution is 9.10. The number of nitrogens with two attached hydrogens (primary N) is 1. The Morgan fingerprint density at radius 3 is 2.67 bits per heavy atom. The standard InChI is InChI=1S/C12H19BrN4O/c1-4-11-15-9(13)5-12(16-11)17(6-8(2)3)7-10(14)18/h5,8H,4,6-7H2,1-3H3,(H2,14,18). The summed E-state index contributed by atoms with van der Waals surface area (Å²) in [7, 11) is 0. The van der Waals surface area contributed by atoms with Gasteiger partial charge in [-0.05, 0) is 21.8 Å². The Balaban J connectivity index is 3.02. The third kappa shape index (κ3) is 4.60. The van der Waals surface area contributed by atoms with Gasteiger partial charge in [0.25, 0.3) is 0 Å². The highest BCUT2D eigenvalue weighted by Crippen LogP contribution is 2.18. The highest BCUT2D eigenvalue weighted by Gasteiger charge is 2.14. The first-order valence-electron chi connectivity index (χ1n) is 5.99. The Morgan fingerprint density at radius 2 is 2.17 bits per heavy atom. The van der Waals surface area contributed by atoms with Crippen molar-refractivity contribution in [2.45, 2.75) is 27.2 Å². The average Bonchev–Trinajstić information content (AvgIpc) is 2.26. The van der Waals surface area contributed by atoms with Gasteiger partial charge in [-0.25, -0.2) is 9.97 Å². The van der Waals surface area contributed by atoms with Crippen molar-refractivity contribution in [1.29, 1.82) is 0 Å². The number of hydrogen-bond acceptors (Lipinski definition) is 4. The van der Waals surface area contributed by atoms with Gasteiger partial charge >= 0.3 is 0 Å². The van der Waals surface area contributed by atoms with Crippen LogP contribution in [0.3, 0.4) is 0 Å². The van der Waals surface area contributed by atoms with Gasteiger partial charge in [-0.2, -0.15) is 0 Å². The van der Waals surface area contributed by atoms with Gasteiger partial charge in [-0.15, -0.1) is 0 Å². The number of aryl methyl sites for hydroxylation is 1. The lowest BCUT2D eigenvalue weighted by Crippen LogP contribution is -2.37. The van der Waals surface area contributed by atoms with Crippen molar-refractivity contribution >= 4 is 27.7 Å². The number of nitrogens with zero attached hydrogens (tertiary/aromatic N) is 3. The molecule has 0 aliphatic rings. The summed E-state index contributed by atoms with van der Waals surface area (Å²) in [5.74, 6) is 1.55. The van der Waals surface area contributed by atoms with Gasteiger partial charge in [0.15, 0.2) is 0 Å². The van der Waals surface area contributed by atoms with Gasteiger partial charge < -0.3 is 10.6 Å². The van der Waals surface area contributed by atoms with Crippen LogP contribution >= 0.6 is 15.9 Å². The predicted octanol–water partition coefficient (Wildman–Crippen LogP) is 1.75. The summed E-state index contributed by atoms with van der Waals surface area (Å²) in [5.41, 5.74) is 5.28. The van der Waals surface area contributed by atoms with Crippen molar-refractivity contribution in [3.8, 4) is 0 Å². The first kappa shape index (κ1) is 14.9. The molecular weight excluding hydrogens is 296 g/mol. The Labute approximate surface area is 116 Å². The maximum atomic E-state index is 11.1. The van der Waals surface area contributed by atoms with Crippen LogP contribution < -0.4 is 10.6 Å². The maximum Gasteiger partial charge on any atom is 0.236 e. The highest BCUT2D eigenvalue weighted by atomic mass is 79.9. The largest absolute Gasteiger partial charge is 0.368 e. The van der Waals surface area contributed by atoms with E-state index in [0.29, 0.717) is 5.92 Å². The Hall–Kier alpha value is -1.17. The van der Waals surface area contributed by atoms with Gasteiger partial charge in [0.2, 0.25) is 5.91 Å². The van der Waals surface area contributed by atoms with Gasteiger partial charge in [-0.3, -0.25) is 4.79 Å². The topological polar surface area (TPSA) is 72.1 Å². The molecule has 6 heteroatoms. The predicted molar refractivity (Wildman–Crippen MR) is 75.4 cm³/mol. The fourth-order valence-electron chi connectivity index (χ4n) is 1.64. The molecule has 5 nitrogen and oxygen atoms in total. The van der Waals surface area contributed by atoms with E-state index in [1.54, 1.807) is 0 Å². The van der Waals surface area contributed by atoms with Crippen molar-refractivity contribution in [3.63, 3.8) is 0 Å². The summed E-state index contributed by atoms with van der Waals surface area (Å²) in [6.07, 6.45) is 0.749. The second-order valence-electron chi connectivity index (χ2n) is 4.56. The third-order valence-corrected chi connectivity index (χ3v) is 2.71. The van der Waals surface area contributed by atoms with Crippen LogP contribution in [0.25, 0.3) is 0 Å². The van der Waals surface area contributed by atoms with Crippen molar-refractivity contribution in [1.82, 2.24) is 9.97 Å². The molecule has 0 aliphatic carbocycles. The van der Waals surface area contributed by atoms with E-state index in [1.165, 1.54) is 0 Å². The van der Waals surface area contributed by atoms with E-state index >= 15 is 0 Å². The number of carbonyl (C=O) groups is 1. The molecule has 100 valence electrons. The number of hydrogen-bond donors (Lipinski definition) is 1. The molecule has 18 heavy (non-hydrogen) atoms. The van der Waals surface area contributed by atoms with Crippen LogP contribution in [0.5, 0.6) is 0 Å². The quantitative estimate of drug-likeness (QED) is 0.812. The van der Waals surface area contributed by atoms with Gasteiger partial charge in [0.1, 0.15) is 16.2 Å². The zero-order valence-electron chi connectivity index (χ0n) is 11.0. The van der Waals surface area contributed by atoms with E-state index < -0.39 is 0 Å². The molecule has 0 atom stereocenters. The molecule has 1 aromatic heterocycles. The minimum atomic E-state index is -0.358.